The molecule has 3 nitrogen and oxygen atoms in total. The number of hydrogen-bond donors (Lipinski definition) is 0. The number of fused-ring (bicyclic) bond motifs is 10. The number of nitrogens with zero attached hydrogens (tertiary/aromatic N) is 3. The fourth-order valence-electron chi connectivity index (χ4n) is 9.88. The van der Waals surface area contributed by atoms with Crippen LogP contribution < -0.4 is 0 Å². The topological polar surface area (TPSA) is 38.7 Å². The van der Waals surface area contributed by atoms with Crippen molar-refractivity contribution in [2.45, 2.75) is 5.41 Å². The van der Waals surface area contributed by atoms with Gasteiger partial charge in [0, 0.05) is 16.7 Å². The van der Waals surface area contributed by atoms with Crippen LogP contribution in [0.2, 0.25) is 0 Å². The number of benzene rings is 9. The Labute approximate surface area is 355 Å². The van der Waals surface area contributed by atoms with Crippen molar-refractivity contribution in [2.75, 3.05) is 0 Å². The fourth-order valence-corrected chi connectivity index (χ4v) is 9.88. The van der Waals surface area contributed by atoms with Crippen LogP contribution in [0.4, 0.5) is 0 Å². The van der Waals surface area contributed by atoms with Crippen LogP contribution in [0.5, 0.6) is 0 Å². The van der Waals surface area contributed by atoms with Crippen molar-refractivity contribution in [3.63, 3.8) is 0 Å². The van der Waals surface area contributed by atoms with Gasteiger partial charge in [-0.25, -0.2) is 15.0 Å². The summed E-state index contributed by atoms with van der Waals surface area (Å²) in [5, 5.41) is 0. The van der Waals surface area contributed by atoms with Gasteiger partial charge in [0.2, 0.25) is 0 Å². The van der Waals surface area contributed by atoms with Crippen molar-refractivity contribution in [3.8, 4) is 89.8 Å². The van der Waals surface area contributed by atoms with Crippen LogP contribution in [-0.2, 0) is 5.41 Å². The highest BCUT2D eigenvalue weighted by atomic mass is 15.0. The second-order valence-corrected chi connectivity index (χ2v) is 15.9. The molecule has 1 heterocycles. The summed E-state index contributed by atoms with van der Waals surface area (Å²) in [5.41, 5.74) is 20.0. The lowest BCUT2D eigenvalue weighted by molar-refractivity contribution is 0.794. The third kappa shape index (κ3) is 5.55. The van der Waals surface area contributed by atoms with Gasteiger partial charge in [-0.05, 0) is 90.0 Å². The molecule has 0 fully saturated rings. The van der Waals surface area contributed by atoms with E-state index in [1.807, 2.05) is 36.4 Å². The molecule has 12 rings (SSSR count). The Hall–Kier alpha value is -8.01. The van der Waals surface area contributed by atoms with E-state index in [-0.39, 0.29) is 5.41 Å². The highest BCUT2D eigenvalue weighted by Crippen LogP contribution is 2.63. The minimum atomic E-state index is -0.366. The molecule has 0 saturated carbocycles. The van der Waals surface area contributed by atoms with Gasteiger partial charge < -0.3 is 0 Å². The van der Waals surface area contributed by atoms with Gasteiger partial charge in [-0.3, -0.25) is 0 Å². The molecule has 284 valence electrons. The van der Waals surface area contributed by atoms with Crippen LogP contribution >= 0.6 is 0 Å². The van der Waals surface area contributed by atoms with E-state index >= 15 is 0 Å². The largest absolute Gasteiger partial charge is 0.208 e. The molecule has 0 saturated heterocycles. The summed E-state index contributed by atoms with van der Waals surface area (Å²) >= 11 is 0. The van der Waals surface area contributed by atoms with Gasteiger partial charge in [-0.2, -0.15) is 0 Å². The molecular formula is C58H37N3. The first-order valence-electron chi connectivity index (χ1n) is 20.9. The summed E-state index contributed by atoms with van der Waals surface area (Å²) < 4.78 is 0. The lowest BCUT2D eigenvalue weighted by atomic mass is 9.70. The normalized spacial score (nSPS) is 12.7. The molecule has 3 heteroatoms. The number of hydrogen-bond acceptors (Lipinski definition) is 3. The van der Waals surface area contributed by atoms with Crippen LogP contribution in [0.3, 0.4) is 0 Å². The third-order valence-electron chi connectivity index (χ3n) is 12.6. The molecule has 0 unspecified atom stereocenters. The quantitative estimate of drug-likeness (QED) is 0.169. The lowest BCUT2D eigenvalue weighted by Gasteiger charge is -2.30. The average molecular weight is 776 g/mol. The zero-order valence-electron chi connectivity index (χ0n) is 33.2. The molecule has 0 radical (unpaired) electrons. The minimum Gasteiger partial charge on any atom is -0.208 e. The summed E-state index contributed by atoms with van der Waals surface area (Å²) in [4.78, 5) is 15.2. The summed E-state index contributed by atoms with van der Waals surface area (Å²) in [7, 11) is 0. The SMILES string of the molecule is c1ccc(-c2cccc(-c3nc(-c4ccccc4)nc(-c4cccc(-c5ccc(-c6cccc7c6-c6ccccc6C76c7ccccc7-c7ccccc76)cc5)c4)n3)c2)cc1. The third-order valence-corrected chi connectivity index (χ3v) is 12.6. The molecule has 1 spiro atoms. The number of aromatic nitrogens is 3. The van der Waals surface area contributed by atoms with Gasteiger partial charge in [0.05, 0.1) is 5.41 Å². The first kappa shape index (κ1) is 35.0. The zero-order valence-corrected chi connectivity index (χ0v) is 33.2. The maximum Gasteiger partial charge on any atom is 0.164 e. The van der Waals surface area contributed by atoms with E-state index in [9.17, 15) is 0 Å². The molecule has 0 atom stereocenters. The van der Waals surface area contributed by atoms with Crippen molar-refractivity contribution < 1.29 is 0 Å². The van der Waals surface area contributed by atoms with Crippen molar-refractivity contribution >= 4 is 0 Å². The highest BCUT2D eigenvalue weighted by molar-refractivity contribution is 6.00. The maximum atomic E-state index is 5.11. The van der Waals surface area contributed by atoms with Gasteiger partial charge in [0.1, 0.15) is 0 Å². The van der Waals surface area contributed by atoms with Crippen molar-refractivity contribution in [2.24, 2.45) is 0 Å². The molecule has 0 bridgehead atoms. The van der Waals surface area contributed by atoms with Crippen molar-refractivity contribution in [1.29, 1.82) is 0 Å². The molecule has 0 amide bonds. The number of rotatable bonds is 6. The minimum absolute atomic E-state index is 0.366. The van der Waals surface area contributed by atoms with E-state index < -0.39 is 0 Å². The summed E-state index contributed by atoms with van der Waals surface area (Å²) in [5.74, 6) is 1.92. The summed E-state index contributed by atoms with van der Waals surface area (Å²) in [6.07, 6.45) is 0. The Morgan fingerprint density at radius 3 is 1.16 bits per heavy atom. The fraction of sp³-hybridized carbons (Fsp3) is 0.0172. The van der Waals surface area contributed by atoms with E-state index in [2.05, 4.69) is 188 Å². The van der Waals surface area contributed by atoms with Gasteiger partial charge in [0.15, 0.2) is 17.5 Å². The standard InChI is InChI=1S/C58H37N3/c1-3-16-38(17-4-1)42-20-13-22-44(36-42)56-59-55(41-18-5-2-6-19-41)60-57(61-56)45-23-14-21-43(37-45)39-32-34-40(35-33-39)46-27-15-31-53-54(46)49-26-9-12-30-52(49)58(53)50-28-10-7-24-47(50)48-25-8-11-29-51(48)58/h1-37H. The van der Waals surface area contributed by atoms with Crippen molar-refractivity contribution in [1.82, 2.24) is 15.0 Å². The maximum absolute atomic E-state index is 5.11. The molecule has 9 aromatic carbocycles. The monoisotopic (exact) mass is 775 g/mol. The predicted octanol–water partition coefficient (Wildman–Crippen LogP) is 14.2. The van der Waals surface area contributed by atoms with E-state index in [1.54, 1.807) is 0 Å². The molecule has 2 aliphatic carbocycles. The van der Waals surface area contributed by atoms with E-state index in [0.717, 1.165) is 38.9 Å². The molecule has 0 N–H and O–H groups in total. The van der Waals surface area contributed by atoms with Crippen LogP contribution in [0.1, 0.15) is 22.3 Å². The smallest absolute Gasteiger partial charge is 0.164 e. The van der Waals surface area contributed by atoms with Crippen LogP contribution in [0.25, 0.3) is 89.8 Å². The summed E-state index contributed by atoms with van der Waals surface area (Å²) in [6, 6.07) is 80.4. The second kappa shape index (κ2) is 14.1. The Kier molecular flexibility index (Phi) is 8.07. The van der Waals surface area contributed by atoms with Crippen LogP contribution in [0.15, 0.2) is 224 Å². The average Bonchev–Trinajstić information content (AvgIpc) is 3.82. The van der Waals surface area contributed by atoms with Crippen LogP contribution in [-0.4, -0.2) is 15.0 Å². The lowest BCUT2D eigenvalue weighted by Crippen LogP contribution is -2.25. The Morgan fingerprint density at radius 2 is 0.590 bits per heavy atom. The van der Waals surface area contributed by atoms with E-state index in [1.165, 1.54) is 55.6 Å². The van der Waals surface area contributed by atoms with Gasteiger partial charge >= 0.3 is 0 Å². The Bertz CT molecular complexity index is 3250. The highest BCUT2D eigenvalue weighted by Gasteiger charge is 2.51. The van der Waals surface area contributed by atoms with Gasteiger partial charge in [-0.1, -0.05) is 212 Å². The summed E-state index contributed by atoms with van der Waals surface area (Å²) in [6.45, 7) is 0. The van der Waals surface area contributed by atoms with Crippen molar-refractivity contribution in [3.05, 3.63) is 247 Å². The van der Waals surface area contributed by atoms with Crippen LogP contribution in [0, 0.1) is 0 Å². The van der Waals surface area contributed by atoms with E-state index in [0.29, 0.717) is 17.5 Å². The molecular weight excluding hydrogens is 739 g/mol. The second-order valence-electron chi connectivity index (χ2n) is 15.9. The molecule has 61 heavy (non-hydrogen) atoms. The van der Waals surface area contributed by atoms with Gasteiger partial charge in [0.25, 0.3) is 0 Å². The first-order valence-corrected chi connectivity index (χ1v) is 20.9. The molecule has 10 aromatic rings. The van der Waals surface area contributed by atoms with E-state index in [4.69, 9.17) is 15.0 Å². The Balaban J connectivity index is 0.937. The molecule has 2 aliphatic rings. The van der Waals surface area contributed by atoms with Gasteiger partial charge in [-0.15, -0.1) is 0 Å². The zero-order chi connectivity index (χ0) is 40.3. The predicted molar refractivity (Wildman–Crippen MR) is 249 cm³/mol. The molecule has 1 aromatic heterocycles. The first-order chi connectivity index (χ1) is 30.2. The Morgan fingerprint density at radius 1 is 0.230 bits per heavy atom. The molecule has 0 aliphatic heterocycles.